The summed E-state index contributed by atoms with van der Waals surface area (Å²) in [5, 5.41) is 8.99. The van der Waals surface area contributed by atoms with Crippen LogP contribution >= 0.6 is 0 Å². The van der Waals surface area contributed by atoms with Crippen molar-refractivity contribution in [3.63, 3.8) is 0 Å². The van der Waals surface area contributed by atoms with E-state index < -0.39 is 9.84 Å². The van der Waals surface area contributed by atoms with Crippen LogP contribution in [0.3, 0.4) is 0 Å². The third-order valence-corrected chi connectivity index (χ3v) is 6.38. The fraction of sp³-hybridized carbons (Fsp3) is 0.571. The molecular formula is C14H20O3S. The van der Waals surface area contributed by atoms with Crippen LogP contribution in [0.25, 0.3) is 0 Å². The van der Waals surface area contributed by atoms with E-state index in [0.29, 0.717) is 0 Å². The first-order valence-corrected chi connectivity index (χ1v) is 8.08. The lowest BCUT2D eigenvalue weighted by Crippen LogP contribution is -2.42. The van der Waals surface area contributed by atoms with Crippen LogP contribution in [-0.2, 0) is 15.3 Å². The molecule has 1 aliphatic carbocycles. The first-order chi connectivity index (χ1) is 8.36. The highest BCUT2D eigenvalue weighted by atomic mass is 32.2. The standard InChI is InChI=1S/C14H20O3S/c1-11(2)18(16,17)10-14(8-3-9-14)12-4-6-13(15)7-5-12/h4-7,11,15H,3,8-10H2,1-2H3. The number of hydrogen-bond acceptors (Lipinski definition) is 3. The second kappa shape index (κ2) is 4.57. The van der Waals surface area contributed by atoms with Crippen LogP contribution in [0.1, 0.15) is 38.7 Å². The Morgan fingerprint density at radius 1 is 1.22 bits per heavy atom. The van der Waals surface area contributed by atoms with Crippen LogP contribution in [0.4, 0.5) is 0 Å². The SMILES string of the molecule is CC(C)S(=O)(=O)CC1(c2ccc(O)cc2)CCC1. The fourth-order valence-corrected chi connectivity index (χ4v) is 4.05. The number of aromatic hydroxyl groups is 1. The van der Waals surface area contributed by atoms with E-state index in [2.05, 4.69) is 0 Å². The van der Waals surface area contributed by atoms with Gasteiger partial charge in [0.25, 0.3) is 0 Å². The van der Waals surface area contributed by atoms with E-state index in [9.17, 15) is 13.5 Å². The van der Waals surface area contributed by atoms with Crippen LogP contribution in [0.15, 0.2) is 24.3 Å². The van der Waals surface area contributed by atoms with E-state index in [4.69, 9.17) is 0 Å². The molecule has 1 aliphatic rings. The van der Waals surface area contributed by atoms with E-state index >= 15 is 0 Å². The molecule has 0 unspecified atom stereocenters. The first-order valence-electron chi connectivity index (χ1n) is 6.37. The van der Waals surface area contributed by atoms with Gasteiger partial charge in [-0.3, -0.25) is 0 Å². The third-order valence-electron chi connectivity index (χ3n) is 3.99. The molecule has 100 valence electrons. The molecule has 0 aromatic heterocycles. The summed E-state index contributed by atoms with van der Waals surface area (Å²) in [5.41, 5.74) is 0.812. The van der Waals surface area contributed by atoms with Crippen molar-refractivity contribution < 1.29 is 13.5 Å². The molecule has 3 nitrogen and oxygen atoms in total. The average Bonchev–Trinajstić information content (AvgIpc) is 2.25. The number of phenols is 1. The van der Waals surface area contributed by atoms with Gasteiger partial charge in [0.1, 0.15) is 5.75 Å². The highest BCUT2D eigenvalue weighted by molar-refractivity contribution is 7.92. The molecule has 0 aliphatic heterocycles. The molecule has 4 heteroatoms. The Labute approximate surface area is 109 Å². The van der Waals surface area contributed by atoms with Crippen LogP contribution in [0.2, 0.25) is 0 Å². The molecule has 0 bridgehead atoms. The van der Waals surface area contributed by atoms with Crippen molar-refractivity contribution in [3.05, 3.63) is 29.8 Å². The Morgan fingerprint density at radius 2 is 1.78 bits per heavy atom. The lowest BCUT2D eigenvalue weighted by atomic mass is 9.66. The second-order valence-corrected chi connectivity index (χ2v) is 8.09. The van der Waals surface area contributed by atoms with E-state index in [-0.39, 0.29) is 22.2 Å². The number of sulfone groups is 1. The summed E-state index contributed by atoms with van der Waals surface area (Å²) >= 11 is 0. The van der Waals surface area contributed by atoms with Crippen molar-refractivity contribution in [2.75, 3.05) is 5.75 Å². The molecule has 1 N–H and O–H groups in total. The first kappa shape index (κ1) is 13.4. The van der Waals surface area contributed by atoms with E-state index in [1.54, 1.807) is 26.0 Å². The Kier molecular flexibility index (Phi) is 3.41. The molecule has 1 saturated carbocycles. The second-order valence-electron chi connectivity index (χ2n) is 5.54. The Balaban J connectivity index is 2.29. The molecular weight excluding hydrogens is 248 g/mol. The van der Waals surface area contributed by atoms with E-state index in [1.807, 2.05) is 12.1 Å². The predicted molar refractivity (Wildman–Crippen MR) is 72.6 cm³/mol. The molecule has 18 heavy (non-hydrogen) atoms. The van der Waals surface area contributed by atoms with Crippen molar-refractivity contribution >= 4 is 9.84 Å². The van der Waals surface area contributed by atoms with Crippen LogP contribution in [-0.4, -0.2) is 24.5 Å². The van der Waals surface area contributed by atoms with Gasteiger partial charge in [-0.1, -0.05) is 18.6 Å². The topological polar surface area (TPSA) is 54.4 Å². The van der Waals surface area contributed by atoms with E-state index in [0.717, 1.165) is 24.8 Å². The van der Waals surface area contributed by atoms with Gasteiger partial charge in [-0.05, 0) is 44.4 Å². The van der Waals surface area contributed by atoms with Crippen molar-refractivity contribution in [1.29, 1.82) is 0 Å². The van der Waals surface area contributed by atoms with Crippen LogP contribution < -0.4 is 0 Å². The third kappa shape index (κ3) is 2.39. The normalized spacial score (nSPS) is 18.6. The summed E-state index contributed by atoms with van der Waals surface area (Å²) in [4.78, 5) is 0. The van der Waals surface area contributed by atoms with Gasteiger partial charge in [-0.15, -0.1) is 0 Å². The van der Waals surface area contributed by atoms with Crippen molar-refractivity contribution in [2.24, 2.45) is 0 Å². The quantitative estimate of drug-likeness (QED) is 0.913. The molecule has 0 heterocycles. The molecule has 1 aromatic carbocycles. The molecule has 0 amide bonds. The summed E-state index contributed by atoms with van der Waals surface area (Å²) in [5.74, 6) is 0.447. The fourth-order valence-electron chi connectivity index (χ4n) is 2.49. The number of hydrogen-bond donors (Lipinski definition) is 1. The Morgan fingerprint density at radius 3 is 2.17 bits per heavy atom. The van der Waals surface area contributed by atoms with Crippen LogP contribution in [0.5, 0.6) is 5.75 Å². The molecule has 0 atom stereocenters. The molecule has 1 aromatic rings. The summed E-state index contributed by atoms with van der Waals surface area (Å²) in [7, 11) is -3.04. The summed E-state index contributed by atoms with van der Waals surface area (Å²) in [6, 6.07) is 6.98. The van der Waals surface area contributed by atoms with Gasteiger partial charge in [0.2, 0.25) is 0 Å². The minimum absolute atomic E-state index is 0.222. The maximum absolute atomic E-state index is 12.1. The summed E-state index contributed by atoms with van der Waals surface area (Å²) < 4.78 is 24.3. The minimum Gasteiger partial charge on any atom is -0.508 e. The molecule has 0 spiro atoms. The highest BCUT2D eigenvalue weighted by Gasteiger charge is 2.42. The van der Waals surface area contributed by atoms with Gasteiger partial charge in [0, 0.05) is 5.41 Å². The smallest absolute Gasteiger partial charge is 0.153 e. The zero-order chi connectivity index (χ0) is 13.4. The zero-order valence-corrected chi connectivity index (χ0v) is 11.7. The van der Waals surface area contributed by atoms with E-state index in [1.165, 1.54) is 0 Å². The minimum atomic E-state index is -3.04. The number of phenolic OH excluding ortho intramolecular Hbond substituents is 1. The molecule has 0 saturated heterocycles. The zero-order valence-electron chi connectivity index (χ0n) is 10.9. The maximum atomic E-state index is 12.1. The number of rotatable bonds is 4. The highest BCUT2D eigenvalue weighted by Crippen LogP contribution is 2.45. The molecule has 1 fully saturated rings. The summed E-state index contributed by atoms with van der Waals surface area (Å²) in [6.07, 6.45) is 2.92. The lowest BCUT2D eigenvalue weighted by molar-refractivity contribution is 0.273. The van der Waals surface area contributed by atoms with Gasteiger partial charge in [0.05, 0.1) is 11.0 Å². The van der Waals surface area contributed by atoms with Crippen molar-refractivity contribution in [2.45, 2.75) is 43.8 Å². The summed E-state index contributed by atoms with van der Waals surface area (Å²) in [6.45, 7) is 3.47. The Bertz CT molecular complexity index is 510. The van der Waals surface area contributed by atoms with Gasteiger partial charge in [-0.2, -0.15) is 0 Å². The predicted octanol–water partition coefficient (Wildman–Crippen LogP) is 2.64. The van der Waals surface area contributed by atoms with Crippen molar-refractivity contribution in [1.82, 2.24) is 0 Å². The van der Waals surface area contributed by atoms with Gasteiger partial charge >= 0.3 is 0 Å². The largest absolute Gasteiger partial charge is 0.508 e. The van der Waals surface area contributed by atoms with Crippen molar-refractivity contribution in [3.8, 4) is 5.75 Å². The van der Waals surface area contributed by atoms with Gasteiger partial charge in [0.15, 0.2) is 9.84 Å². The monoisotopic (exact) mass is 268 g/mol. The average molecular weight is 268 g/mol. The van der Waals surface area contributed by atoms with Gasteiger partial charge in [-0.25, -0.2) is 8.42 Å². The number of benzene rings is 1. The maximum Gasteiger partial charge on any atom is 0.153 e. The molecule has 0 radical (unpaired) electrons. The van der Waals surface area contributed by atoms with Crippen LogP contribution in [0, 0.1) is 0 Å². The Hall–Kier alpha value is -1.03. The van der Waals surface area contributed by atoms with Gasteiger partial charge < -0.3 is 5.11 Å². The molecule has 2 rings (SSSR count). The lowest BCUT2D eigenvalue weighted by Gasteiger charge is -2.42.